The molecule has 244 valence electrons. The number of nitrogens with zero attached hydrogens (tertiary/aromatic N) is 1. The molecule has 0 unspecified atom stereocenters. The molecule has 42 heavy (non-hydrogen) atoms. The Morgan fingerprint density at radius 1 is 0.524 bits per heavy atom. The van der Waals surface area contributed by atoms with Gasteiger partial charge in [-0.1, -0.05) is 0 Å². The summed E-state index contributed by atoms with van der Waals surface area (Å²) < 4.78 is 53.6. The van der Waals surface area contributed by atoms with Gasteiger partial charge in [-0.05, 0) is 20.8 Å². The molecule has 0 atom stereocenters. The minimum Gasteiger partial charge on any atom is -0.458 e. The SMILES string of the molecule is CC(C)(C)OC(=O)COCCOCCOCCOCCOCCOCCOCCOCCOCCN1C(=O)C=CC1=O. The van der Waals surface area contributed by atoms with Crippen LogP contribution >= 0.6 is 0 Å². The summed E-state index contributed by atoms with van der Waals surface area (Å²) in [5, 5.41) is 0. The Morgan fingerprint density at radius 2 is 0.810 bits per heavy atom. The lowest BCUT2D eigenvalue weighted by atomic mass is 10.2. The highest BCUT2D eigenvalue weighted by molar-refractivity contribution is 6.12. The lowest BCUT2D eigenvalue weighted by Crippen LogP contribution is -2.33. The largest absolute Gasteiger partial charge is 0.458 e. The van der Waals surface area contributed by atoms with Crippen LogP contribution in [0, 0.1) is 0 Å². The number of hydrogen-bond acceptors (Lipinski definition) is 13. The van der Waals surface area contributed by atoms with E-state index < -0.39 is 11.6 Å². The van der Waals surface area contributed by atoms with Crippen LogP contribution in [0.1, 0.15) is 20.8 Å². The summed E-state index contributed by atoms with van der Waals surface area (Å²) in [7, 11) is 0. The third kappa shape index (κ3) is 23.5. The molecular formula is C28H49NO13. The molecule has 0 aromatic carbocycles. The normalized spacial score (nSPS) is 13.5. The molecular weight excluding hydrogens is 558 g/mol. The summed E-state index contributed by atoms with van der Waals surface area (Å²) in [4.78, 5) is 35.4. The Bertz CT molecular complexity index is 724. The minimum absolute atomic E-state index is 0.0895. The first kappa shape index (κ1) is 38.0. The van der Waals surface area contributed by atoms with Gasteiger partial charge in [-0.15, -0.1) is 0 Å². The van der Waals surface area contributed by atoms with Crippen molar-refractivity contribution < 1.29 is 61.8 Å². The minimum atomic E-state index is -0.515. The second-order valence-electron chi connectivity index (χ2n) is 9.70. The standard InChI is InChI=1S/C28H49NO13/c1-28(2,3)42-27(32)24-41-23-22-40-21-20-39-19-18-38-17-16-37-15-14-36-13-12-35-11-10-34-9-8-33-7-6-29-25(30)4-5-26(29)31/h4-5H,6-24H2,1-3H3. The number of esters is 1. The van der Waals surface area contributed by atoms with Gasteiger partial charge < -0.3 is 47.4 Å². The molecule has 0 spiro atoms. The van der Waals surface area contributed by atoms with E-state index in [0.717, 1.165) is 4.90 Å². The van der Waals surface area contributed by atoms with Gasteiger partial charge in [-0.3, -0.25) is 14.5 Å². The highest BCUT2D eigenvalue weighted by Crippen LogP contribution is 2.06. The molecule has 0 aliphatic carbocycles. The van der Waals surface area contributed by atoms with Crippen LogP contribution in [0.4, 0.5) is 0 Å². The molecule has 0 aromatic heterocycles. The molecule has 0 N–H and O–H groups in total. The number of rotatable bonds is 29. The Kier molecular flexibility index (Phi) is 23.1. The summed E-state index contributed by atoms with van der Waals surface area (Å²) in [6.45, 7) is 12.8. The summed E-state index contributed by atoms with van der Waals surface area (Å²) >= 11 is 0. The van der Waals surface area contributed by atoms with Gasteiger partial charge in [0.1, 0.15) is 12.2 Å². The predicted octanol–water partition coefficient (Wildman–Crippen LogP) is 0.403. The van der Waals surface area contributed by atoms with E-state index in [0.29, 0.717) is 106 Å². The van der Waals surface area contributed by atoms with Crippen LogP contribution in [0.25, 0.3) is 0 Å². The van der Waals surface area contributed by atoms with Crippen molar-refractivity contribution in [3.8, 4) is 0 Å². The van der Waals surface area contributed by atoms with Crippen molar-refractivity contribution >= 4 is 17.8 Å². The van der Waals surface area contributed by atoms with Gasteiger partial charge in [0, 0.05) is 12.2 Å². The molecule has 0 fully saturated rings. The smallest absolute Gasteiger partial charge is 0.332 e. The van der Waals surface area contributed by atoms with Gasteiger partial charge >= 0.3 is 5.97 Å². The second kappa shape index (κ2) is 25.5. The molecule has 0 bridgehead atoms. The van der Waals surface area contributed by atoms with E-state index >= 15 is 0 Å². The first-order chi connectivity index (χ1) is 20.3. The molecule has 0 aromatic rings. The van der Waals surface area contributed by atoms with Crippen LogP contribution in [-0.2, 0) is 61.8 Å². The molecule has 1 rings (SSSR count). The van der Waals surface area contributed by atoms with Gasteiger partial charge in [0.25, 0.3) is 11.8 Å². The third-order valence-corrected chi connectivity index (χ3v) is 4.98. The summed E-state index contributed by atoms with van der Waals surface area (Å²) in [6, 6.07) is 0. The number of hydrogen-bond donors (Lipinski definition) is 0. The fourth-order valence-corrected chi connectivity index (χ4v) is 3.09. The zero-order valence-corrected chi connectivity index (χ0v) is 25.3. The first-order valence-electron chi connectivity index (χ1n) is 14.2. The van der Waals surface area contributed by atoms with E-state index in [2.05, 4.69) is 0 Å². The highest BCUT2D eigenvalue weighted by atomic mass is 16.6. The van der Waals surface area contributed by atoms with Gasteiger partial charge in [0.05, 0.1) is 119 Å². The number of amides is 2. The predicted molar refractivity (Wildman–Crippen MR) is 149 cm³/mol. The molecule has 1 aliphatic rings. The molecule has 0 saturated heterocycles. The topological polar surface area (TPSA) is 147 Å². The van der Waals surface area contributed by atoms with Crippen LogP contribution in [-0.4, -0.2) is 154 Å². The quantitative estimate of drug-likeness (QED) is 0.0657. The Morgan fingerprint density at radius 3 is 1.12 bits per heavy atom. The van der Waals surface area contributed by atoms with Crippen LogP contribution in [0.15, 0.2) is 12.2 Å². The highest BCUT2D eigenvalue weighted by Gasteiger charge is 2.22. The fourth-order valence-electron chi connectivity index (χ4n) is 3.09. The molecule has 14 nitrogen and oxygen atoms in total. The van der Waals surface area contributed by atoms with Crippen molar-refractivity contribution in [3.05, 3.63) is 12.2 Å². The molecule has 2 amide bonds. The molecule has 0 saturated carbocycles. The fraction of sp³-hybridized carbons (Fsp3) is 0.821. The van der Waals surface area contributed by atoms with Gasteiger partial charge in [-0.2, -0.15) is 0 Å². The third-order valence-electron chi connectivity index (χ3n) is 4.98. The molecule has 1 aliphatic heterocycles. The average molecular weight is 608 g/mol. The molecule has 1 heterocycles. The lowest BCUT2D eigenvalue weighted by molar-refractivity contribution is -0.160. The van der Waals surface area contributed by atoms with E-state index in [1.165, 1.54) is 12.2 Å². The number of imide groups is 1. The number of ether oxygens (including phenoxy) is 10. The van der Waals surface area contributed by atoms with Crippen molar-refractivity contribution in [3.63, 3.8) is 0 Å². The molecule has 0 radical (unpaired) electrons. The summed E-state index contributed by atoms with van der Waals surface area (Å²) in [6.07, 6.45) is 2.50. The van der Waals surface area contributed by atoms with Crippen molar-refractivity contribution in [1.29, 1.82) is 0 Å². The number of carbonyl (C=O) groups is 3. The van der Waals surface area contributed by atoms with E-state index in [4.69, 9.17) is 47.4 Å². The molecule has 14 heteroatoms. The van der Waals surface area contributed by atoms with Crippen molar-refractivity contribution in [2.75, 3.05) is 125 Å². The van der Waals surface area contributed by atoms with E-state index in [1.807, 2.05) is 20.8 Å². The van der Waals surface area contributed by atoms with E-state index in [1.54, 1.807) is 0 Å². The zero-order valence-electron chi connectivity index (χ0n) is 25.3. The van der Waals surface area contributed by atoms with Gasteiger partial charge in [0.2, 0.25) is 0 Å². The average Bonchev–Trinajstić information content (AvgIpc) is 3.25. The van der Waals surface area contributed by atoms with Crippen molar-refractivity contribution in [2.45, 2.75) is 26.4 Å². The van der Waals surface area contributed by atoms with Crippen molar-refractivity contribution in [1.82, 2.24) is 4.90 Å². The van der Waals surface area contributed by atoms with E-state index in [9.17, 15) is 14.4 Å². The van der Waals surface area contributed by atoms with Crippen LogP contribution in [0.3, 0.4) is 0 Å². The Balaban J connectivity index is 1.66. The van der Waals surface area contributed by atoms with Crippen molar-refractivity contribution in [2.24, 2.45) is 0 Å². The summed E-state index contributed by atoms with van der Waals surface area (Å²) in [5.74, 6) is -1.01. The maximum Gasteiger partial charge on any atom is 0.332 e. The van der Waals surface area contributed by atoms with E-state index in [-0.39, 0.29) is 31.6 Å². The maximum atomic E-state index is 11.5. The maximum absolute atomic E-state index is 11.5. The van der Waals surface area contributed by atoms with Crippen LogP contribution < -0.4 is 0 Å². The second-order valence-corrected chi connectivity index (χ2v) is 9.70. The number of carbonyl (C=O) groups excluding carboxylic acids is 3. The van der Waals surface area contributed by atoms with Crippen LogP contribution in [0.5, 0.6) is 0 Å². The zero-order chi connectivity index (χ0) is 30.7. The summed E-state index contributed by atoms with van der Waals surface area (Å²) in [5.41, 5.74) is -0.515. The first-order valence-corrected chi connectivity index (χ1v) is 14.2. The van der Waals surface area contributed by atoms with Crippen LogP contribution in [0.2, 0.25) is 0 Å². The Labute approximate surface area is 248 Å². The monoisotopic (exact) mass is 607 g/mol. The van der Waals surface area contributed by atoms with Gasteiger partial charge in [-0.25, -0.2) is 4.79 Å². The van der Waals surface area contributed by atoms with Gasteiger partial charge in [0.15, 0.2) is 0 Å². The Hall–Kier alpha value is -2.01. The lowest BCUT2D eigenvalue weighted by Gasteiger charge is -2.19.